The molecule has 0 spiro atoms. The van der Waals surface area contributed by atoms with Gasteiger partial charge >= 0.3 is 0 Å². The SMILES string of the molecule is [CH2-]CCC1C(CCC)[C@@H]1C[CH2-].[Y].[Y].[Y]. The van der Waals surface area contributed by atoms with Crippen LogP contribution in [0.15, 0.2) is 0 Å². The molecule has 2 unspecified atom stereocenters. The smallest absolute Gasteiger partial charge is 0 e. The van der Waals surface area contributed by atoms with Crippen LogP contribution >= 0.6 is 0 Å². The molecule has 3 radical (unpaired) electrons. The van der Waals surface area contributed by atoms with Crippen molar-refractivity contribution in [2.24, 2.45) is 17.8 Å². The van der Waals surface area contributed by atoms with Crippen molar-refractivity contribution in [2.75, 3.05) is 0 Å². The van der Waals surface area contributed by atoms with Crippen LogP contribution in [0.2, 0.25) is 0 Å². The maximum absolute atomic E-state index is 3.99. The predicted molar refractivity (Wildman–Crippen MR) is 49.9 cm³/mol. The Hall–Kier alpha value is 3.31. The van der Waals surface area contributed by atoms with Crippen molar-refractivity contribution in [2.45, 2.75) is 39.0 Å². The van der Waals surface area contributed by atoms with E-state index in [2.05, 4.69) is 20.8 Å². The van der Waals surface area contributed by atoms with Gasteiger partial charge in [0.2, 0.25) is 0 Å². The van der Waals surface area contributed by atoms with E-state index in [1.54, 1.807) is 0 Å². The molecule has 0 bridgehead atoms. The average Bonchev–Trinajstić information content (AvgIpc) is 2.65. The molecule has 1 fully saturated rings. The Kier molecular flexibility index (Phi) is 20.5. The van der Waals surface area contributed by atoms with Crippen molar-refractivity contribution in [3.63, 3.8) is 0 Å². The van der Waals surface area contributed by atoms with E-state index in [-0.39, 0.29) is 98.1 Å². The molecular weight excluding hydrogens is 399 g/mol. The summed E-state index contributed by atoms with van der Waals surface area (Å²) in [7, 11) is 0. The minimum atomic E-state index is 0. The molecule has 0 N–H and O–H groups in total. The molecule has 0 aromatic carbocycles. The monoisotopic (exact) mass is 419 g/mol. The Morgan fingerprint density at radius 1 is 0.857 bits per heavy atom. The van der Waals surface area contributed by atoms with Crippen LogP contribution in [0.3, 0.4) is 0 Å². The summed E-state index contributed by atoms with van der Waals surface area (Å²) in [6.07, 6.45) is 6.36. The first-order valence-corrected chi connectivity index (χ1v) is 4.93. The van der Waals surface area contributed by atoms with Gasteiger partial charge in [-0.3, -0.25) is 0 Å². The summed E-state index contributed by atoms with van der Waals surface area (Å²) in [6, 6.07) is 0. The van der Waals surface area contributed by atoms with Gasteiger partial charge in [0, 0.05) is 98.1 Å². The molecule has 0 aromatic heterocycles. The largest absolute Gasteiger partial charge is 0.343 e. The summed E-state index contributed by atoms with van der Waals surface area (Å²) in [5.41, 5.74) is 0. The van der Waals surface area contributed by atoms with E-state index in [1.165, 1.54) is 19.3 Å². The molecule has 0 heterocycles. The van der Waals surface area contributed by atoms with Crippen molar-refractivity contribution in [3.8, 4) is 0 Å². The van der Waals surface area contributed by atoms with Gasteiger partial charge in [-0.05, 0) is 11.8 Å². The van der Waals surface area contributed by atoms with Gasteiger partial charge in [0.05, 0.1) is 0 Å². The van der Waals surface area contributed by atoms with Crippen molar-refractivity contribution < 1.29 is 98.1 Å². The molecule has 1 saturated carbocycles. The summed E-state index contributed by atoms with van der Waals surface area (Å²) in [5, 5.41) is 0. The Morgan fingerprint density at radius 3 is 1.71 bits per heavy atom. The third-order valence-electron chi connectivity index (χ3n) is 3.00. The van der Waals surface area contributed by atoms with Crippen LogP contribution < -0.4 is 0 Å². The summed E-state index contributed by atoms with van der Waals surface area (Å²) in [4.78, 5) is 0. The normalized spacial score (nSPS) is 28.1. The zero-order valence-corrected chi connectivity index (χ0v) is 17.9. The molecule has 3 atom stereocenters. The second-order valence-electron chi connectivity index (χ2n) is 3.71. The summed E-state index contributed by atoms with van der Waals surface area (Å²) >= 11 is 0. The summed E-state index contributed by atoms with van der Waals surface area (Å²) < 4.78 is 0. The minimum absolute atomic E-state index is 0. The molecule has 75 valence electrons. The average molecular weight is 419 g/mol. The third-order valence-corrected chi connectivity index (χ3v) is 3.00. The van der Waals surface area contributed by atoms with Crippen molar-refractivity contribution >= 4 is 0 Å². The predicted octanol–water partition coefficient (Wildman–Crippen LogP) is 3.48. The van der Waals surface area contributed by atoms with Gasteiger partial charge in [-0.25, -0.2) is 0 Å². The van der Waals surface area contributed by atoms with E-state index in [0.717, 1.165) is 30.6 Å². The van der Waals surface area contributed by atoms with E-state index in [0.29, 0.717) is 0 Å². The van der Waals surface area contributed by atoms with E-state index in [4.69, 9.17) is 0 Å². The fraction of sp³-hybridized carbons (Fsp3) is 0.818. The van der Waals surface area contributed by atoms with Gasteiger partial charge in [0.25, 0.3) is 0 Å². The molecule has 0 aliphatic heterocycles. The first kappa shape index (κ1) is 22.5. The van der Waals surface area contributed by atoms with Crippen LogP contribution in [-0.4, -0.2) is 0 Å². The quantitative estimate of drug-likeness (QED) is 0.599. The molecule has 0 nitrogen and oxygen atoms in total. The van der Waals surface area contributed by atoms with E-state index >= 15 is 0 Å². The van der Waals surface area contributed by atoms with E-state index < -0.39 is 0 Å². The summed E-state index contributed by atoms with van der Waals surface area (Å²) in [6.45, 7) is 10.2. The van der Waals surface area contributed by atoms with Gasteiger partial charge < -0.3 is 13.8 Å². The third kappa shape index (κ3) is 6.91. The molecule has 1 aliphatic carbocycles. The zero-order valence-electron chi connectivity index (χ0n) is 9.41. The number of rotatable bonds is 5. The van der Waals surface area contributed by atoms with E-state index in [1.807, 2.05) is 0 Å². The Morgan fingerprint density at radius 2 is 1.36 bits per heavy atom. The fourth-order valence-electron chi connectivity index (χ4n) is 2.38. The van der Waals surface area contributed by atoms with Crippen molar-refractivity contribution in [1.82, 2.24) is 0 Å². The van der Waals surface area contributed by atoms with Gasteiger partial charge in [-0.2, -0.15) is 12.8 Å². The number of hydrogen-bond acceptors (Lipinski definition) is 0. The van der Waals surface area contributed by atoms with Gasteiger partial charge in [0.1, 0.15) is 0 Å². The maximum atomic E-state index is 3.99. The minimum Gasteiger partial charge on any atom is -0.343 e. The summed E-state index contributed by atoms with van der Waals surface area (Å²) in [5.74, 6) is 2.96. The molecular formula is C11H20Y3-2. The molecule has 1 rings (SSSR count). The first-order chi connectivity index (χ1) is 5.35. The van der Waals surface area contributed by atoms with Gasteiger partial charge in [-0.15, -0.1) is 0 Å². The van der Waals surface area contributed by atoms with Gasteiger partial charge in [-0.1, -0.05) is 32.1 Å². The van der Waals surface area contributed by atoms with Crippen LogP contribution in [0.5, 0.6) is 0 Å². The molecule has 0 amide bonds. The molecule has 0 saturated heterocycles. The Bertz CT molecular complexity index is 105. The van der Waals surface area contributed by atoms with Crippen molar-refractivity contribution in [3.05, 3.63) is 13.8 Å². The first-order valence-electron chi connectivity index (χ1n) is 4.93. The second kappa shape index (κ2) is 12.8. The van der Waals surface area contributed by atoms with Crippen LogP contribution in [0.25, 0.3) is 0 Å². The van der Waals surface area contributed by atoms with Gasteiger partial charge in [0.15, 0.2) is 0 Å². The Balaban J connectivity index is -0.000000403. The van der Waals surface area contributed by atoms with Crippen LogP contribution in [-0.2, 0) is 98.1 Å². The Labute approximate surface area is 166 Å². The zero-order chi connectivity index (χ0) is 8.27. The molecule has 1 aliphatic rings. The van der Waals surface area contributed by atoms with Crippen molar-refractivity contribution in [1.29, 1.82) is 0 Å². The standard InChI is InChI=1S/C11H20.3Y/c1-4-7-10-9(6-3)11(10)8-5-2;;;/h9-11H,1,3-8H2,2H3;;;/q-2;;;/t9-,10?,11?;;;/m1.../s1. The van der Waals surface area contributed by atoms with E-state index in [9.17, 15) is 0 Å². The molecule has 3 heteroatoms. The van der Waals surface area contributed by atoms with Crippen LogP contribution in [0.1, 0.15) is 39.0 Å². The second-order valence-corrected chi connectivity index (χ2v) is 3.71. The molecule has 0 aromatic rings. The fourth-order valence-corrected chi connectivity index (χ4v) is 2.38. The molecule has 14 heavy (non-hydrogen) atoms. The van der Waals surface area contributed by atoms with Crippen LogP contribution in [0.4, 0.5) is 0 Å². The number of hydrogen-bond donors (Lipinski definition) is 0. The van der Waals surface area contributed by atoms with Crippen LogP contribution in [0, 0.1) is 31.6 Å². The maximum Gasteiger partial charge on any atom is 0 e. The topological polar surface area (TPSA) is 0 Å².